The van der Waals surface area contributed by atoms with E-state index < -0.39 is 16.0 Å². The number of sulfonamides is 1. The fraction of sp³-hybridized carbons (Fsp3) is 0.350. The second kappa shape index (κ2) is 8.54. The molecule has 0 atom stereocenters. The number of carbonyl (C=O) groups excluding carboxylic acids is 1. The number of ether oxygens (including phenoxy) is 2. The van der Waals surface area contributed by atoms with Crippen molar-refractivity contribution in [1.29, 1.82) is 0 Å². The largest absolute Gasteiger partial charge is 0.493 e. The molecule has 1 fully saturated rings. The normalized spacial score (nSPS) is 15.3. The average Bonchev–Trinajstić information content (AvgIpc) is 2.69. The summed E-state index contributed by atoms with van der Waals surface area (Å²) in [7, 11) is -1.96. The minimum Gasteiger partial charge on any atom is -0.493 e. The Labute approximate surface area is 159 Å². The van der Waals surface area contributed by atoms with Crippen molar-refractivity contribution >= 4 is 16.0 Å². The van der Waals surface area contributed by atoms with Crippen LogP contribution >= 0.6 is 0 Å². The first-order chi connectivity index (χ1) is 13.0. The van der Waals surface area contributed by atoms with E-state index in [1.807, 2.05) is 0 Å². The van der Waals surface area contributed by atoms with Crippen LogP contribution in [0.25, 0.3) is 0 Å². The van der Waals surface area contributed by atoms with Crippen molar-refractivity contribution in [3.63, 3.8) is 0 Å². The first-order valence-electron chi connectivity index (χ1n) is 8.93. The molecule has 0 amide bonds. The van der Waals surface area contributed by atoms with E-state index in [-0.39, 0.29) is 11.3 Å². The molecule has 144 valence electrons. The van der Waals surface area contributed by atoms with Crippen LogP contribution in [0.2, 0.25) is 0 Å². The molecule has 0 bridgehead atoms. The summed E-state index contributed by atoms with van der Waals surface area (Å²) in [5.41, 5.74) is 0.687. The summed E-state index contributed by atoms with van der Waals surface area (Å²) in [6.07, 6.45) is 2.90. The number of hydrogen-bond acceptors (Lipinski definition) is 5. The highest BCUT2D eigenvalue weighted by Gasteiger charge is 2.25. The Morgan fingerprint density at radius 2 is 1.59 bits per heavy atom. The van der Waals surface area contributed by atoms with Crippen LogP contribution in [0.1, 0.15) is 24.8 Å². The maximum atomic E-state index is 12.7. The lowest BCUT2D eigenvalue weighted by Gasteiger charge is -2.25. The van der Waals surface area contributed by atoms with E-state index in [4.69, 9.17) is 9.47 Å². The zero-order valence-electron chi connectivity index (χ0n) is 15.3. The summed E-state index contributed by atoms with van der Waals surface area (Å²) in [4.78, 5) is 12.4. The molecule has 3 rings (SSSR count). The van der Waals surface area contributed by atoms with Gasteiger partial charge in [-0.05, 0) is 42.7 Å². The van der Waals surface area contributed by atoms with Crippen molar-refractivity contribution in [1.82, 2.24) is 4.31 Å². The molecule has 0 saturated carbocycles. The van der Waals surface area contributed by atoms with Crippen molar-refractivity contribution in [3.8, 4) is 11.5 Å². The maximum absolute atomic E-state index is 12.7. The molecule has 0 unspecified atom stereocenters. The molecule has 1 heterocycles. The number of hydrogen-bond donors (Lipinski definition) is 0. The van der Waals surface area contributed by atoms with Gasteiger partial charge in [-0.3, -0.25) is 4.79 Å². The lowest BCUT2D eigenvalue weighted by Crippen LogP contribution is -2.35. The van der Waals surface area contributed by atoms with Crippen molar-refractivity contribution in [3.05, 3.63) is 54.1 Å². The Bertz CT molecular complexity index is 887. The van der Waals surface area contributed by atoms with Crippen LogP contribution in [0, 0.1) is 0 Å². The van der Waals surface area contributed by atoms with Gasteiger partial charge < -0.3 is 9.47 Å². The van der Waals surface area contributed by atoms with Gasteiger partial charge in [-0.15, -0.1) is 0 Å². The standard InChI is InChI=1S/C20H23NO5S/c1-25-18-7-3-4-8-19(18)26-20(22)15-16-9-11-17(12-10-16)27(23,24)21-13-5-2-6-14-21/h3-4,7-12H,2,5-6,13-15H2,1H3. The Morgan fingerprint density at radius 1 is 0.963 bits per heavy atom. The minimum absolute atomic E-state index is 0.0437. The molecule has 1 aliphatic heterocycles. The smallest absolute Gasteiger partial charge is 0.315 e. The Kier molecular flexibility index (Phi) is 6.13. The zero-order valence-corrected chi connectivity index (χ0v) is 16.1. The van der Waals surface area contributed by atoms with Crippen LogP contribution < -0.4 is 9.47 Å². The highest BCUT2D eigenvalue weighted by atomic mass is 32.2. The number of carbonyl (C=O) groups is 1. The van der Waals surface area contributed by atoms with Crippen LogP contribution in [-0.4, -0.2) is 38.9 Å². The van der Waals surface area contributed by atoms with E-state index in [2.05, 4.69) is 0 Å². The molecule has 0 spiro atoms. The Balaban J connectivity index is 1.66. The lowest BCUT2D eigenvalue weighted by molar-refractivity contribution is -0.133. The van der Waals surface area contributed by atoms with Gasteiger partial charge in [0.05, 0.1) is 18.4 Å². The number of methoxy groups -OCH3 is 1. The van der Waals surface area contributed by atoms with E-state index in [9.17, 15) is 13.2 Å². The van der Waals surface area contributed by atoms with Gasteiger partial charge >= 0.3 is 5.97 Å². The molecule has 6 nitrogen and oxygen atoms in total. The number of rotatable bonds is 6. The van der Waals surface area contributed by atoms with Crippen LogP contribution in [-0.2, 0) is 21.2 Å². The quantitative estimate of drug-likeness (QED) is 0.561. The van der Waals surface area contributed by atoms with Crippen LogP contribution in [0.4, 0.5) is 0 Å². The van der Waals surface area contributed by atoms with E-state index in [1.54, 1.807) is 48.5 Å². The van der Waals surface area contributed by atoms with Crippen molar-refractivity contribution in [2.75, 3.05) is 20.2 Å². The first-order valence-corrected chi connectivity index (χ1v) is 10.4. The SMILES string of the molecule is COc1ccccc1OC(=O)Cc1ccc(S(=O)(=O)N2CCCCC2)cc1. The summed E-state index contributed by atoms with van der Waals surface area (Å²) in [5.74, 6) is 0.397. The summed E-state index contributed by atoms with van der Waals surface area (Å²) < 4.78 is 37.3. The van der Waals surface area contributed by atoms with Gasteiger partial charge in [0.1, 0.15) is 0 Å². The predicted molar refractivity (Wildman–Crippen MR) is 101 cm³/mol. The van der Waals surface area contributed by atoms with Crippen LogP contribution in [0.5, 0.6) is 11.5 Å². The van der Waals surface area contributed by atoms with Gasteiger partial charge in [0.2, 0.25) is 10.0 Å². The van der Waals surface area contributed by atoms with Gasteiger partial charge in [-0.25, -0.2) is 8.42 Å². The highest BCUT2D eigenvalue weighted by molar-refractivity contribution is 7.89. The van der Waals surface area contributed by atoms with Gasteiger partial charge in [0.15, 0.2) is 11.5 Å². The molecule has 0 aliphatic carbocycles. The number of nitrogens with zero attached hydrogens (tertiary/aromatic N) is 1. The molecular weight excluding hydrogens is 366 g/mol. The Hall–Kier alpha value is -2.38. The molecule has 1 aliphatic rings. The van der Waals surface area contributed by atoms with Crippen molar-refractivity contribution in [2.45, 2.75) is 30.6 Å². The zero-order chi connectivity index (χ0) is 19.3. The number of para-hydroxylation sites is 2. The molecule has 7 heteroatoms. The highest BCUT2D eigenvalue weighted by Crippen LogP contribution is 2.26. The van der Waals surface area contributed by atoms with Crippen LogP contribution in [0.3, 0.4) is 0 Å². The summed E-state index contributed by atoms with van der Waals surface area (Å²) in [6.45, 7) is 1.13. The summed E-state index contributed by atoms with van der Waals surface area (Å²) in [6, 6.07) is 13.3. The molecular formula is C20H23NO5S. The fourth-order valence-electron chi connectivity index (χ4n) is 3.06. The van der Waals surface area contributed by atoms with E-state index in [0.29, 0.717) is 30.2 Å². The second-order valence-corrected chi connectivity index (χ2v) is 8.35. The molecule has 0 N–H and O–H groups in total. The lowest BCUT2D eigenvalue weighted by atomic mass is 10.1. The fourth-order valence-corrected chi connectivity index (χ4v) is 4.58. The molecule has 2 aromatic carbocycles. The monoisotopic (exact) mass is 389 g/mol. The van der Waals surface area contributed by atoms with Crippen LogP contribution in [0.15, 0.2) is 53.4 Å². The van der Waals surface area contributed by atoms with Gasteiger partial charge in [-0.1, -0.05) is 30.7 Å². The van der Waals surface area contributed by atoms with Gasteiger partial charge in [0, 0.05) is 13.1 Å². The molecule has 27 heavy (non-hydrogen) atoms. The third-order valence-electron chi connectivity index (χ3n) is 4.52. The number of piperidine rings is 1. The van der Waals surface area contributed by atoms with E-state index in [1.165, 1.54) is 11.4 Å². The first kappa shape index (κ1) is 19.4. The van der Waals surface area contributed by atoms with Gasteiger partial charge in [-0.2, -0.15) is 4.31 Å². The third-order valence-corrected chi connectivity index (χ3v) is 6.43. The van der Waals surface area contributed by atoms with Gasteiger partial charge in [0.25, 0.3) is 0 Å². The topological polar surface area (TPSA) is 72.9 Å². The van der Waals surface area contributed by atoms with E-state index >= 15 is 0 Å². The second-order valence-electron chi connectivity index (χ2n) is 6.41. The maximum Gasteiger partial charge on any atom is 0.315 e. The summed E-state index contributed by atoms with van der Waals surface area (Å²) in [5, 5.41) is 0. The number of benzene rings is 2. The van der Waals surface area contributed by atoms with Crippen molar-refractivity contribution in [2.24, 2.45) is 0 Å². The molecule has 2 aromatic rings. The van der Waals surface area contributed by atoms with E-state index in [0.717, 1.165) is 19.3 Å². The predicted octanol–water partition coefficient (Wildman–Crippen LogP) is 3.02. The molecule has 0 aromatic heterocycles. The summed E-state index contributed by atoms with van der Waals surface area (Å²) >= 11 is 0. The molecule has 1 saturated heterocycles. The van der Waals surface area contributed by atoms with Crippen molar-refractivity contribution < 1.29 is 22.7 Å². The number of esters is 1. The Morgan fingerprint density at radius 3 is 2.22 bits per heavy atom. The third kappa shape index (κ3) is 4.67. The minimum atomic E-state index is -3.46. The molecule has 0 radical (unpaired) electrons. The average molecular weight is 389 g/mol.